The van der Waals surface area contributed by atoms with Crippen molar-refractivity contribution in [2.75, 3.05) is 23.5 Å². The summed E-state index contributed by atoms with van der Waals surface area (Å²) in [7, 11) is 2.17. The lowest BCUT2D eigenvalue weighted by atomic mass is 9.81. The molecule has 0 aliphatic heterocycles. The Morgan fingerprint density at radius 2 is 2.23 bits per heavy atom. The second-order valence-electron chi connectivity index (χ2n) is 6.59. The number of rotatable bonds is 7. The molecule has 1 aliphatic carbocycles. The van der Waals surface area contributed by atoms with E-state index in [9.17, 15) is 0 Å². The lowest BCUT2D eigenvalue weighted by Gasteiger charge is -2.42. The average Bonchev–Trinajstić information content (AvgIpc) is 2.96. The largest absolute Gasteiger partial charge is 0.356 e. The predicted octanol–water partition coefficient (Wildman–Crippen LogP) is 3.95. The maximum Gasteiger partial charge on any atom is 0.142 e. The van der Waals surface area contributed by atoms with E-state index in [2.05, 4.69) is 58.6 Å². The minimum Gasteiger partial charge on any atom is -0.356 e. The summed E-state index contributed by atoms with van der Waals surface area (Å²) in [5.74, 6) is 5.42. The van der Waals surface area contributed by atoms with Gasteiger partial charge in [-0.15, -0.1) is 0 Å². The molecular formula is C17H26N4S. The monoisotopic (exact) mass is 318 g/mol. The summed E-state index contributed by atoms with van der Waals surface area (Å²) in [4.78, 5) is 14.3. The Morgan fingerprint density at radius 3 is 3.00 bits per heavy atom. The summed E-state index contributed by atoms with van der Waals surface area (Å²) in [5, 5.41) is 1.12. The van der Waals surface area contributed by atoms with Crippen molar-refractivity contribution >= 4 is 28.6 Å². The standard InChI is InChI=1S/C17H26N4S/c1-4-12(2)9-22-10-13-7-14(8-13)21(3)17-15-5-6-18-16(15)19-11-20-17/h5-6,11-14H,4,7-10H2,1-3H3,(H,18,19,20)/t12?,13-,14+. The maximum absolute atomic E-state index is 4.49. The molecule has 0 spiro atoms. The maximum atomic E-state index is 4.49. The van der Waals surface area contributed by atoms with Crippen LogP contribution < -0.4 is 4.90 Å². The molecule has 2 aromatic heterocycles. The van der Waals surface area contributed by atoms with E-state index in [1.807, 2.05) is 6.20 Å². The number of nitrogens with zero attached hydrogens (tertiary/aromatic N) is 3. The third-order valence-corrected chi connectivity index (χ3v) is 6.39. The number of aromatic amines is 1. The van der Waals surface area contributed by atoms with Gasteiger partial charge in [-0.05, 0) is 42.2 Å². The van der Waals surface area contributed by atoms with Crippen molar-refractivity contribution in [3.8, 4) is 0 Å². The highest BCUT2D eigenvalue weighted by Crippen LogP contribution is 2.37. The second-order valence-corrected chi connectivity index (χ2v) is 7.67. The molecule has 2 heterocycles. The number of hydrogen-bond donors (Lipinski definition) is 1. The molecule has 0 saturated heterocycles. The molecule has 1 aliphatic rings. The first-order valence-corrected chi connectivity index (χ1v) is 9.43. The summed E-state index contributed by atoms with van der Waals surface area (Å²) in [6.07, 6.45) is 7.47. The lowest BCUT2D eigenvalue weighted by Crippen LogP contribution is -2.44. The Labute approximate surface area is 137 Å². The van der Waals surface area contributed by atoms with Gasteiger partial charge < -0.3 is 9.88 Å². The molecule has 1 fully saturated rings. The third-order valence-electron chi connectivity index (χ3n) is 4.88. The molecule has 1 saturated carbocycles. The Hall–Kier alpha value is -1.23. The minimum atomic E-state index is 0.627. The molecule has 5 heteroatoms. The van der Waals surface area contributed by atoms with Crippen molar-refractivity contribution in [1.29, 1.82) is 0 Å². The van der Waals surface area contributed by atoms with Gasteiger partial charge in [-0.25, -0.2) is 9.97 Å². The molecule has 1 N–H and O–H groups in total. The number of hydrogen-bond acceptors (Lipinski definition) is 4. The van der Waals surface area contributed by atoms with Gasteiger partial charge in [0.25, 0.3) is 0 Å². The van der Waals surface area contributed by atoms with Gasteiger partial charge in [0, 0.05) is 19.3 Å². The van der Waals surface area contributed by atoms with Gasteiger partial charge >= 0.3 is 0 Å². The summed E-state index contributed by atoms with van der Waals surface area (Å²) < 4.78 is 0. The van der Waals surface area contributed by atoms with Crippen LogP contribution in [0.5, 0.6) is 0 Å². The fourth-order valence-electron chi connectivity index (χ4n) is 3.02. The SMILES string of the molecule is CCC(C)CSC[C@H]1C[C@@H](N(C)c2ncnc3[nH]ccc23)C1. The van der Waals surface area contributed by atoms with E-state index < -0.39 is 0 Å². The number of fused-ring (bicyclic) bond motifs is 1. The zero-order chi connectivity index (χ0) is 15.5. The molecular weight excluding hydrogens is 292 g/mol. The molecule has 0 radical (unpaired) electrons. The summed E-state index contributed by atoms with van der Waals surface area (Å²) in [5.41, 5.74) is 0.928. The van der Waals surface area contributed by atoms with Crippen molar-refractivity contribution in [2.24, 2.45) is 11.8 Å². The van der Waals surface area contributed by atoms with Gasteiger partial charge in [0.05, 0.1) is 5.39 Å². The number of thioether (sulfide) groups is 1. The van der Waals surface area contributed by atoms with Crippen molar-refractivity contribution in [3.05, 3.63) is 18.6 Å². The van der Waals surface area contributed by atoms with Crippen LogP contribution in [0.1, 0.15) is 33.1 Å². The predicted molar refractivity (Wildman–Crippen MR) is 95.6 cm³/mol. The summed E-state index contributed by atoms with van der Waals surface area (Å²) in [6.45, 7) is 4.63. The Kier molecular flexibility index (Phi) is 4.91. The Morgan fingerprint density at radius 1 is 1.41 bits per heavy atom. The number of H-pyrrole nitrogens is 1. The first kappa shape index (κ1) is 15.7. The van der Waals surface area contributed by atoms with Crippen LogP contribution in [-0.4, -0.2) is 39.5 Å². The molecule has 1 unspecified atom stereocenters. The quantitative estimate of drug-likeness (QED) is 0.839. The van der Waals surface area contributed by atoms with E-state index in [1.165, 1.54) is 30.8 Å². The molecule has 4 nitrogen and oxygen atoms in total. The van der Waals surface area contributed by atoms with E-state index in [4.69, 9.17) is 0 Å². The highest BCUT2D eigenvalue weighted by Gasteiger charge is 2.33. The van der Waals surface area contributed by atoms with Gasteiger partial charge in [0.15, 0.2) is 0 Å². The smallest absolute Gasteiger partial charge is 0.142 e. The van der Waals surface area contributed by atoms with E-state index in [0.717, 1.165) is 28.7 Å². The molecule has 120 valence electrons. The van der Waals surface area contributed by atoms with Crippen molar-refractivity contribution < 1.29 is 0 Å². The van der Waals surface area contributed by atoms with Crippen LogP contribution in [0.4, 0.5) is 5.82 Å². The van der Waals surface area contributed by atoms with Crippen LogP contribution in [0.2, 0.25) is 0 Å². The van der Waals surface area contributed by atoms with Crippen LogP contribution in [0.25, 0.3) is 11.0 Å². The minimum absolute atomic E-state index is 0.627. The van der Waals surface area contributed by atoms with Gasteiger partial charge in [0.1, 0.15) is 17.8 Å². The van der Waals surface area contributed by atoms with E-state index in [-0.39, 0.29) is 0 Å². The average molecular weight is 318 g/mol. The molecule has 22 heavy (non-hydrogen) atoms. The Bertz CT molecular complexity index is 605. The molecule has 2 aromatic rings. The normalized spacial score (nSPS) is 22.5. The fourth-order valence-corrected chi connectivity index (χ4v) is 4.40. The van der Waals surface area contributed by atoms with Gasteiger partial charge in [0.2, 0.25) is 0 Å². The van der Waals surface area contributed by atoms with Gasteiger partial charge in [-0.3, -0.25) is 0 Å². The van der Waals surface area contributed by atoms with Crippen LogP contribution in [-0.2, 0) is 0 Å². The summed E-state index contributed by atoms with van der Waals surface area (Å²) in [6, 6.07) is 2.70. The molecule has 3 rings (SSSR count). The first-order chi connectivity index (χ1) is 10.7. The molecule has 0 aromatic carbocycles. The molecule has 0 bridgehead atoms. The Balaban J connectivity index is 1.51. The topological polar surface area (TPSA) is 44.8 Å². The zero-order valence-corrected chi connectivity index (χ0v) is 14.6. The van der Waals surface area contributed by atoms with Gasteiger partial charge in [-0.2, -0.15) is 11.8 Å². The van der Waals surface area contributed by atoms with Crippen LogP contribution in [0.3, 0.4) is 0 Å². The van der Waals surface area contributed by atoms with Crippen molar-refractivity contribution in [3.63, 3.8) is 0 Å². The van der Waals surface area contributed by atoms with Crippen molar-refractivity contribution in [1.82, 2.24) is 15.0 Å². The van der Waals surface area contributed by atoms with Crippen LogP contribution >= 0.6 is 11.8 Å². The van der Waals surface area contributed by atoms with E-state index >= 15 is 0 Å². The third kappa shape index (κ3) is 3.24. The van der Waals surface area contributed by atoms with Crippen LogP contribution in [0, 0.1) is 11.8 Å². The first-order valence-electron chi connectivity index (χ1n) is 8.27. The summed E-state index contributed by atoms with van der Waals surface area (Å²) >= 11 is 2.13. The van der Waals surface area contributed by atoms with E-state index in [1.54, 1.807) is 6.33 Å². The fraction of sp³-hybridized carbons (Fsp3) is 0.647. The second kappa shape index (κ2) is 6.90. The highest BCUT2D eigenvalue weighted by atomic mass is 32.2. The van der Waals surface area contributed by atoms with Crippen LogP contribution in [0.15, 0.2) is 18.6 Å². The molecule has 0 amide bonds. The highest BCUT2D eigenvalue weighted by molar-refractivity contribution is 7.99. The van der Waals surface area contributed by atoms with Crippen molar-refractivity contribution in [2.45, 2.75) is 39.2 Å². The number of aromatic nitrogens is 3. The van der Waals surface area contributed by atoms with Gasteiger partial charge in [-0.1, -0.05) is 20.3 Å². The lowest BCUT2D eigenvalue weighted by molar-refractivity contribution is 0.285. The number of anilines is 1. The zero-order valence-electron chi connectivity index (χ0n) is 13.7. The number of nitrogens with one attached hydrogen (secondary N) is 1. The molecule has 1 atom stereocenters. The van der Waals surface area contributed by atoms with E-state index in [0.29, 0.717) is 6.04 Å².